The summed E-state index contributed by atoms with van der Waals surface area (Å²) < 4.78 is 8.92. The third-order valence-corrected chi connectivity index (χ3v) is 10.2. The SMILES string of the molecule is Cc1ccc2c(oc3c(-c4ccc5c(c4)C(C)(C)C(C)(C)C5(C)C)c(C#N)ccc32)c1-c1cccc[n+]1C. The first-order valence-corrected chi connectivity index (χ1v) is 13.4. The van der Waals surface area contributed by atoms with E-state index in [1.807, 2.05) is 18.2 Å². The van der Waals surface area contributed by atoms with Gasteiger partial charge < -0.3 is 4.42 Å². The van der Waals surface area contributed by atoms with Gasteiger partial charge in [0.2, 0.25) is 5.69 Å². The van der Waals surface area contributed by atoms with Crippen LogP contribution in [-0.2, 0) is 17.9 Å². The van der Waals surface area contributed by atoms with Gasteiger partial charge in [-0.3, -0.25) is 0 Å². The molecule has 0 saturated heterocycles. The van der Waals surface area contributed by atoms with E-state index in [1.54, 1.807) is 0 Å². The fraction of sp³-hybridized carbons (Fsp3) is 0.314. The molecule has 3 heteroatoms. The van der Waals surface area contributed by atoms with Crippen LogP contribution in [0.4, 0.5) is 0 Å². The number of aromatic nitrogens is 1. The Kier molecular flexibility index (Phi) is 5.02. The van der Waals surface area contributed by atoms with Crippen LogP contribution in [0, 0.1) is 23.7 Å². The highest BCUT2D eigenvalue weighted by Gasteiger charge is 2.56. The highest BCUT2D eigenvalue weighted by Crippen LogP contribution is 2.62. The van der Waals surface area contributed by atoms with E-state index in [0.29, 0.717) is 5.56 Å². The Morgan fingerprint density at radius 3 is 2.11 bits per heavy atom. The van der Waals surface area contributed by atoms with Crippen molar-refractivity contribution in [1.82, 2.24) is 0 Å². The maximum absolute atomic E-state index is 10.2. The Hall–Kier alpha value is -3.90. The molecule has 0 radical (unpaired) electrons. The van der Waals surface area contributed by atoms with Gasteiger partial charge in [-0.15, -0.1) is 0 Å². The number of benzene rings is 3. The summed E-state index contributed by atoms with van der Waals surface area (Å²) in [4.78, 5) is 0. The molecule has 3 nitrogen and oxygen atoms in total. The van der Waals surface area contributed by atoms with Crippen LogP contribution in [0.1, 0.15) is 63.8 Å². The Morgan fingerprint density at radius 2 is 1.42 bits per heavy atom. The molecule has 0 spiro atoms. The number of rotatable bonds is 2. The summed E-state index contributed by atoms with van der Waals surface area (Å²) in [5.41, 5.74) is 10.4. The molecule has 0 saturated carbocycles. The number of pyridine rings is 1. The normalized spacial score (nSPS) is 17.0. The van der Waals surface area contributed by atoms with Crippen LogP contribution in [0.25, 0.3) is 44.3 Å². The van der Waals surface area contributed by atoms with E-state index in [-0.39, 0.29) is 16.2 Å². The molecular weight excluding hydrogens is 464 g/mol. The lowest BCUT2D eigenvalue weighted by Crippen LogP contribution is -2.42. The molecule has 5 aromatic rings. The average molecular weight is 500 g/mol. The molecule has 0 amide bonds. The molecule has 3 aromatic carbocycles. The zero-order valence-corrected chi connectivity index (χ0v) is 23.7. The van der Waals surface area contributed by atoms with E-state index in [4.69, 9.17) is 4.42 Å². The van der Waals surface area contributed by atoms with Gasteiger partial charge in [0.25, 0.3) is 0 Å². The van der Waals surface area contributed by atoms with E-state index < -0.39 is 0 Å². The molecule has 0 aliphatic heterocycles. The third-order valence-electron chi connectivity index (χ3n) is 10.2. The number of hydrogen-bond donors (Lipinski definition) is 0. The van der Waals surface area contributed by atoms with Crippen LogP contribution in [0.3, 0.4) is 0 Å². The molecule has 1 aliphatic carbocycles. The highest BCUT2D eigenvalue weighted by atomic mass is 16.3. The predicted octanol–water partition coefficient (Wildman–Crippen LogP) is 8.52. The van der Waals surface area contributed by atoms with Crippen molar-refractivity contribution in [1.29, 1.82) is 5.26 Å². The standard InChI is InChI=1S/C35H35N2O/c1-21-12-15-24-25-16-13-23(20-36)30(32(25)38-31(24)29(21)28-11-9-10-18-37(28)8)22-14-17-26-27(19-22)34(4,5)35(6,7)33(26,2)3/h9-19H,1-8H3/q+1. The predicted molar refractivity (Wildman–Crippen MR) is 155 cm³/mol. The van der Waals surface area contributed by atoms with Crippen LogP contribution >= 0.6 is 0 Å². The summed E-state index contributed by atoms with van der Waals surface area (Å²) in [5.74, 6) is 0. The minimum atomic E-state index is -0.0250. The van der Waals surface area contributed by atoms with Gasteiger partial charge in [0.15, 0.2) is 6.20 Å². The maximum Gasteiger partial charge on any atom is 0.216 e. The fourth-order valence-corrected chi connectivity index (χ4v) is 6.70. The van der Waals surface area contributed by atoms with Gasteiger partial charge in [0.1, 0.15) is 18.2 Å². The van der Waals surface area contributed by atoms with Gasteiger partial charge in [-0.2, -0.15) is 5.26 Å². The van der Waals surface area contributed by atoms with Gasteiger partial charge in [0.05, 0.1) is 17.2 Å². The first-order valence-electron chi connectivity index (χ1n) is 13.4. The van der Waals surface area contributed by atoms with Gasteiger partial charge in [-0.25, -0.2) is 4.57 Å². The number of aryl methyl sites for hydroxylation is 2. The molecule has 0 fully saturated rings. The second-order valence-electron chi connectivity index (χ2n) is 12.5. The number of fused-ring (bicyclic) bond motifs is 4. The van der Waals surface area contributed by atoms with E-state index in [2.05, 4.69) is 115 Å². The second kappa shape index (κ2) is 7.81. The van der Waals surface area contributed by atoms with Crippen molar-refractivity contribution in [2.24, 2.45) is 12.5 Å². The Balaban J connectivity index is 1.68. The molecule has 0 atom stereocenters. The number of hydrogen-bond acceptors (Lipinski definition) is 2. The van der Waals surface area contributed by atoms with E-state index >= 15 is 0 Å². The van der Waals surface area contributed by atoms with Crippen LogP contribution < -0.4 is 4.57 Å². The lowest BCUT2D eigenvalue weighted by Gasteiger charge is -2.44. The molecule has 2 heterocycles. The van der Waals surface area contributed by atoms with Crippen molar-refractivity contribution >= 4 is 21.9 Å². The Labute approximate surface area is 225 Å². The minimum Gasteiger partial charge on any atom is -0.454 e. The van der Waals surface area contributed by atoms with Gasteiger partial charge in [-0.05, 0) is 63.6 Å². The molecule has 6 rings (SSSR count). The van der Waals surface area contributed by atoms with Crippen LogP contribution in [0.15, 0.2) is 71.3 Å². The minimum absolute atomic E-state index is 0.0250. The highest BCUT2D eigenvalue weighted by molar-refractivity contribution is 6.14. The van der Waals surface area contributed by atoms with Crippen molar-refractivity contribution < 1.29 is 8.98 Å². The number of nitrogens with zero attached hydrogens (tertiary/aromatic N) is 2. The molecule has 0 bridgehead atoms. The lowest BCUT2D eigenvalue weighted by atomic mass is 9.59. The summed E-state index contributed by atoms with van der Waals surface area (Å²) in [7, 11) is 2.06. The zero-order valence-electron chi connectivity index (χ0n) is 23.7. The second-order valence-corrected chi connectivity index (χ2v) is 12.5. The van der Waals surface area contributed by atoms with Gasteiger partial charge >= 0.3 is 0 Å². The number of furan rings is 1. The number of nitriles is 1. The van der Waals surface area contributed by atoms with Crippen molar-refractivity contribution in [3.05, 3.63) is 89.1 Å². The first kappa shape index (κ1) is 24.4. The topological polar surface area (TPSA) is 40.8 Å². The van der Waals surface area contributed by atoms with E-state index in [1.165, 1.54) is 11.1 Å². The summed E-state index contributed by atoms with van der Waals surface area (Å²) >= 11 is 0. The maximum atomic E-state index is 10.2. The van der Waals surface area contributed by atoms with Crippen molar-refractivity contribution in [2.75, 3.05) is 0 Å². The molecule has 190 valence electrons. The van der Waals surface area contributed by atoms with Crippen LogP contribution in [0.5, 0.6) is 0 Å². The van der Waals surface area contributed by atoms with E-state index in [0.717, 1.165) is 49.9 Å². The first-order chi connectivity index (χ1) is 17.9. The van der Waals surface area contributed by atoms with E-state index in [9.17, 15) is 5.26 Å². The fourth-order valence-electron chi connectivity index (χ4n) is 6.70. The lowest BCUT2D eigenvalue weighted by molar-refractivity contribution is -0.660. The summed E-state index contributed by atoms with van der Waals surface area (Å²) in [6.07, 6.45) is 2.06. The van der Waals surface area contributed by atoms with Crippen LogP contribution in [-0.4, -0.2) is 0 Å². The quantitative estimate of drug-likeness (QED) is 0.228. The summed E-state index contributed by atoms with van der Waals surface area (Å²) in [6, 6.07) is 23.8. The molecule has 0 unspecified atom stereocenters. The summed E-state index contributed by atoms with van der Waals surface area (Å²) in [5, 5.41) is 12.3. The van der Waals surface area contributed by atoms with Crippen molar-refractivity contribution in [3.63, 3.8) is 0 Å². The molecular formula is C35H35N2O+. The monoisotopic (exact) mass is 499 g/mol. The van der Waals surface area contributed by atoms with Crippen molar-refractivity contribution in [2.45, 2.75) is 59.3 Å². The third kappa shape index (κ3) is 2.98. The molecule has 0 N–H and O–H groups in total. The molecule has 2 aromatic heterocycles. The largest absolute Gasteiger partial charge is 0.454 e. The van der Waals surface area contributed by atoms with Gasteiger partial charge in [-0.1, -0.05) is 71.9 Å². The molecule has 38 heavy (non-hydrogen) atoms. The Morgan fingerprint density at radius 1 is 0.763 bits per heavy atom. The molecule has 1 aliphatic rings. The average Bonchev–Trinajstić information content (AvgIpc) is 3.30. The van der Waals surface area contributed by atoms with Crippen LogP contribution in [0.2, 0.25) is 0 Å². The zero-order chi connectivity index (χ0) is 27.2. The summed E-state index contributed by atoms with van der Waals surface area (Å²) in [6.45, 7) is 16.3. The van der Waals surface area contributed by atoms with Gasteiger partial charge in [0, 0.05) is 28.5 Å². The smallest absolute Gasteiger partial charge is 0.216 e. The Bertz CT molecular complexity index is 1830. The van der Waals surface area contributed by atoms with Crippen molar-refractivity contribution in [3.8, 4) is 28.5 Å².